The van der Waals surface area contributed by atoms with E-state index in [9.17, 15) is 41.3 Å². The summed E-state index contributed by atoms with van der Waals surface area (Å²) in [5.74, 6) is -1.98. The van der Waals surface area contributed by atoms with Gasteiger partial charge in [0.15, 0.2) is 0 Å². The highest BCUT2D eigenvalue weighted by molar-refractivity contribution is 5.99. The van der Waals surface area contributed by atoms with Gasteiger partial charge in [0.25, 0.3) is 11.6 Å². The summed E-state index contributed by atoms with van der Waals surface area (Å²) in [6.45, 7) is 0. The number of nitrogens with two attached hydrogens (primary N) is 1. The summed E-state index contributed by atoms with van der Waals surface area (Å²) in [5.41, 5.74) is -3.17. The predicted octanol–water partition coefficient (Wildman–Crippen LogP) is 2.73. The zero-order chi connectivity index (χ0) is 15.9. The Kier molecular flexibility index (Phi) is 3.66. The number of primary amides is 1. The second-order valence-corrected chi connectivity index (χ2v) is 3.50. The number of hydrogen-bond acceptors (Lipinski definition) is 3. The number of carbonyl (C=O) groups excluding carboxylic acids is 1. The summed E-state index contributed by atoms with van der Waals surface area (Å²) >= 11 is 0. The second-order valence-electron chi connectivity index (χ2n) is 3.50. The molecule has 11 heteroatoms. The molecule has 0 atom stereocenters. The van der Waals surface area contributed by atoms with Gasteiger partial charge >= 0.3 is 12.4 Å². The van der Waals surface area contributed by atoms with E-state index in [4.69, 9.17) is 0 Å². The Bertz CT molecular complexity index is 527. The summed E-state index contributed by atoms with van der Waals surface area (Å²) in [6, 6.07) is -0.191. The molecular weight excluding hydrogens is 298 g/mol. The molecule has 0 aliphatic carbocycles. The van der Waals surface area contributed by atoms with Crippen LogP contribution in [0.15, 0.2) is 12.1 Å². The Morgan fingerprint density at radius 3 is 1.75 bits per heavy atom. The normalized spacial score (nSPS) is 12.3. The Labute approximate surface area is 106 Å². The first-order valence-electron chi connectivity index (χ1n) is 4.63. The Morgan fingerprint density at radius 1 is 1.05 bits per heavy atom. The van der Waals surface area contributed by atoms with Gasteiger partial charge in [-0.25, -0.2) is 0 Å². The van der Waals surface area contributed by atoms with Crippen molar-refractivity contribution in [3.05, 3.63) is 38.9 Å². The Balaban J connectivity index is 3.88. The third-order valence-electron chi connectivity index (χ3n) is 2.22. The van der Waals surface area contributed by atoms with Crippen LogP contribution in [0.2, 0.25) is 0 Å². The minimum atomic E-state index is -5.31. The minimum absolute atomic E-state index is 0.0735. The van der Waals surface area contributed by atoms with Crippen LogP contribution in [0.25, 0.3) is 0 Å². The summed E-state index contributed by atoms with van der Waals surface area (Å²) in [6.07, 6.45) is -10.6. The lowest BCUT2D eigenvalue weighted by atomic mass is 9.99. The SMILES string of the molecule is NC(=O)c1c(C(F)(F)F)ccc(C(F)(F)F)c1[N+](=O)[O-]. The molecule has 0 unspecified atom stereocenters. The predicted molar refractivity (Wildman–Crippen MR) is 51.6 cm³/mol. The van der Waals surface area contributed by atoms with Crippen LogP contribution in [-0.4, -0.2) is 10.8 Å². The molecule has 0 saturated heterocycles. The molecule has 0 aromatic heterocycles. The molecule has 0 fully saturated rings. The maximum absolute atomic E-state index is 12.6. The zero-order valence-electron chi connectivity index (χ0n) is 9.17. The van der Waals surface area contributed by atoms with Crippen LogP contribution in [0.5, 0.6) is 0 Å². The fraction of sp³-hybridized carbons (Fsp3) is 0.222. The number of benzene rings is 1. The molecule has 0 heterocycles. The number of nitro benzene ring substituents is 1. The van der Waals surface area contributed by atoms with Crippen molar-refractivity contribution in [2.24, 2.45) is 5.73 Å². The van der Waals surface area contributed by atoms with E-state index in [-0.39, 0.29) is 12.1 Å². The number of carbonyl (C=O) groups is 1. The van der Waals surface area contributed by atoms with Gasteiger partial charge in [0.2, 0.25) is 0 Å². The average molecular weight is 302 g/mol. The lowest BCUT2D eigenvalue weighted by Crippen LogP contribution is -2.23. The molecule has 0 spiro atoms. The number of hydrogen-bond donors (Lipinski definition) is 1. The number of rotatable bonds is 2. The molecule has 1 aromatic carbocycles. The van der Waals surface area contributed by atoms with Gasteiger partial charge in [-0.05, 0) is 12.1 Å². The topological polar surface area (TPSA) is 86.2 Å². The molecule has 5 nitrogen and oxygen atoms in total. The molecule has 0 saturated carbocycles. The third-order valence-corrected chi connectivity index (χ3v) is 2.22. The lowest BCUT2D eigenvalue weighted by molar-refractivity contribution is -0.388. The number of amides is 1. The minimum Gasteiger partial charge on any atom is -0.365 e. The van der Waals surface area contributed by atoms with Crippen LogP contribution in [0.1, 0.15) is 21.5 Å². The average Bonchev–Trinajstić information content (AvgIpc) is 2.24. The van der Waals surface area contributed by atoms with E-state index in [0.717, 1.165) is 0 Å². The van der Waals surface area contributed by atoms with E-state index >= 15 is 0 Å². The molecule has 20 heavy (non-hydrogen) atoms. The zero-order valence-corrected chi connectivity index (χ0v) is 9.17. The second kappa shape index (κ2) is 4.65. The van der Waals surface area contributed by atoms with Crippen LogP contribution in [0, 0.1) is 10.1 Å². The smallest absolute Gasteiger partial charge is 0.365 e. The first-order valence-corrected chi connectivity index (χ1v) is 4.63. The van der Waals surface area contributed by atoms with Gasteiger partial charge < -0.3 is 5.73 Å². The van der Waals surface area contributed by atoms with Crippen LogP contribution in [0.4, 0.5) is 32.0 Å². The first-order chi connectivity index (χ1) is 8.87. The maximum Gasteiger partial charge on any atom is 0.423 e. The van der Waals surface area contributed by atoms with Crippen LogP contribution in [0.3, 0.4) is 0 Å². The lowest BCUT2D eigenvalue weighted by Gasteiger charge is -2.14. The van der Waals surface area contributed by atoms with Crippen LogP contribution in [-0.2, 0) is 12.4 Å². The van der Waals surface area contributed by atoms with Crippen molar-refractivity contribution >= 4 is 11.6 Å². The number of nitro groups is 1. The quantitative estimate of drug-likeness (QED) is 0.517. The summed E-state index contributed by atoms with van der Waals surface area (Å²) in [7, 11) is 0. The standard InChI is InChI=1S/C9H4F6N2O3/c10-8(11,12)3-1-2-4(9(13,14)15)6(17(19)20)5(3)7(16)18/h1-2H,(H2,16,18). The van der Waals surface area contributed by atoms with Crippen molar-refractivity contribution in [3.8, 4) is 0 Å². The van der Waals surface area contributed by atoms with E-state index in [1.807, 2.05) is 0 Å². The van der Waals surface area contributed by atoms with Gasteiger partial charge in [-0.2, -0.15) is 26.3 Å². The van der Waals surface area contributed by atoms with E-state index in [1.165, 1.54) is 0 Å². The van der Waals surface area contributed by atoms with Crippen molar-refractivity contribution < 1.29 is 36.1 Å². The fourth-order valence-electron chi connectivity index (χ4n) is 1.50. The molecule has 1 rings (SSSR count). The Morgan fingerprint density at radius 2 is 1.45 bits per heavy atom. The Hall–Kier alpha value is -2.33. The van der Waals surface area contributed by atoms with E-state index in [1.54, 1.807) is 0 Å². The molecule has 0 aliphatic rings. The number of nitrogens with zero attached hydrogens (tertiary/aromatic N) is 1. The van der Waals surface area contributed by atoms with Gasteiger partial charge in [-0.3, -0.25) is 14.9 Å². The number of alkyl halides is 6. The highest BCUT2D eigenvalue weighted by atomic mass is 19.4. The van der Waals surface area contributed by atoms with Crippen molar-refractivity contribution in [1.29, 1.82) is 0 Å². The maximum atomic E-state index is 12.6. The van der Waals surface area contributed by atoms with Gasteiger partial charge in [0, 0.05) is 0 Å². The molecule has 110 valence electrons. The van der Waals surface area contributed by atoms with Crippen LogP contribution >= 0.6 is 0 Å². The van der Waals surface area contributed by atoms with Crippen molar-refractivity contribution in [2.45, 2.75) is 12.4 Å². The summed E-state index contributed by atoms with van der Waals surface area (Å²) in [5, 5.41) is 10.6. The van der Waals surface area contributed by atoms with E-state index < -0.39 is 45.6 Å². The molecule has 0 bridgehead atoms. The first kappa shape index (κ1) is 15.7. The summed E-state index contributed by atoms with van der Waals surface area (Å²) < 4.78 is 75.3. The summed E-state index contributed by atoms with van der Waals surface area (Å²) in [4.78, 5) is 19.8. The van der Waals surface area contributed by atoms with Gasteiger partial charge in [0.05, 0.1) is 10.5 Å². The van der Waals surface area contributed by atoms with E-state index in [2.05, 4.69) is 5.73 Å². The van der Waals surface area contributed by atoms with Gasteiger partial charge in [-0.15, -0.1) is 0 Å². The fourth-order valence-corrected chi connectivity index (χ4v) is 1.50. The number of halogens is 6. The van der Waals surface area contributed by atoms with Crippen molar-refractivity contribution in [3.63, 3.8) is 0 Å². The highest BCUT2D eigenvalue weighted by Crippen LogP contribution is 2.42. The molecule has 1 amide bonds. The monoisotopic (exact) mass is 302 g/mol. The molecule has 0 radical (unpaired) electrons. The van der Waals surface area contributed by atoms with Crippen LogP contribution < -0.4 is 5.73 Å². The molecule has 2 N–H and O–H groups in total. The van der Waals surface area contributed by atoms with Crippen molar-refractivity contribution in [1.82, 2.24) is 0 Å². The largest absolute Gasteiger partial charge is 0.423 e. The van der Waals surface area contributed by atoms with Crippen molar-refractivity contribution in [2.75, 3.05) is 0 Å². The molecule has 0 aliphatic heterocycles. The highest BCUT2D eigenvalue weighted by Gasteiger charge is 2.46. The molecule has 1 aromatic rings. The van der Waals surface area contributed by atoms with Gasteiger partial charge in [-0.1, -0.05) is 0 Å². The van der Waals surface area contributed by atoms with E-state index in [0.29, 0.717) is 0 Å². The van der Waals surface area contributed by atoms with Gasteiger partial charge in [0.1, 0.15) is 11.1 Å². The third kappa shape index (κ3) is 2.81. The molecular formula is C9H4F6N2O3.